The van der Waals surface area contributed by atoms with Gasteiger partial charge in [-0.15, -0.1) is 0 Å². The van der Waals surface area contributed by atoms with E-state index in [9.17, 15) is 9.90 Å². The zero-order valence-electron chi connectivity index (χ0n) is 9.62. The lowest BCUT2D eigenvalue weighted by molar-refractivity contribution is -0.121. The number of hydrogen-bond acceptors (Lipinski definition) is 3. The molecule has 1 fully saturated rings. The summed E-state index contributed by atoms with van der Waals surface area (Å²) < 4.78 is 0. The second-order valence-electron chi connectivity index (χ2n) is 4.43. The standard InChI is InChI=1S/C11H22N2O2/c1-8(9(2)14)12-7-3-4-11(15)13-10-5-6-10/h8-10,12,14H,3-7H2,1-2H3,(H,13,15). The van der Waals surface area contributed by atoms with Crippen LogP contribution in [0.2, 0.25) is 0 Å². The van der Waals surface area contributed by atoms with E-state index in [4.69, 9.17) is 0 Å². The van der Waals surface area contributed by atoms with Crippen molar-refractivity contribution in [1.29, 1.82) is 0 Å². The fraction of sp³-hybridized carbons (Fsp3) is 0.909. The van der Waals surface area contributed by atoms with E-state index >= 15 is 0 Å². The average molecular weight is 214 g/mol. The highest BCUT2D eigenvalue weighted by molar-refractivity contribution is 5.76. The SMILES string of the molecule is CC(O)C(C)NCCCC(=O)NC1CC1. The van der Waals surface area contributed by atoms with E-state index in [1.54, 1.807) is 6.92 Å². The van der Waals surface area contributed by atoms with Crippen molar-refractivity contribution in [3.63, 3.8) is 0 Å². The van der Waals surface area contributed by atoms with Crippen LogP contribution in [0.3, 0.4) is 0 Å². The van der Waals surface area contributed by atoms with Gasteiger partial charge in [0.15, 0.2) is 0 Å². The largest absolute Gasteiger partial charge is 0.392 e. The molecule has 1 aliphatic rings. The monoisotopic (exact) mass is 214 g/mol. The number of aliphatic hydroxyl groups excluding tert-OH is 1. The van der Waals surface area contributed by atoms with Crippen molar-refractivity contribution in [3.05, 3.63) is 0 Å². The van der Waals surface area contributed by atoms with Gasteiger partial charge in [0.25, 0.3) is 0 Å². The maximum Gasteiger partial charge on any atom is 0.220 e. The summed E-state index contributed by atoms with van der Waals surface area (Å²) in [6.45, 7) is 4.48. The molecule has 1 saturated carbocycles. The van der Waals surface area contributed by atoms with Gasteiger partial charge in [-0.05, 0) is 39.7 Å². The lowest BCUT2D eigenvalue weighted by atomic mass is 10.2. The summed E-state index contributed by atoms with van der Waals surface area (Å²) in [5.41, 5.74) is 0. The second kappa shape index (κ2) is 6.08. The maximum atomic E-state index is 11.3. The molecule has 0 aliphatic heterocycles. The Kier molecular flexibility index (Phi) is 5.05. The first-order chi connectivity index (χ1) is 7.09. The van der Waals surface area contributed by atoms with Gasteiger partial charge in [0.1, 0.15) is 0 Å². The van der Waals surface area contributed by atoms with Gasteiger partial charge in [-0.3, -0.25) is 4.79 Å². The van der Waals surface area contributed by atoms with Gasteiger partial charge in [0.2, 0.25) is 5.91 Å². The minimum absolute atomic E-state index is 0.0940. The molecule has 1 rings (SSSR count). The molecule has 15 heavy (non-hydrogen) atoms. The Morgan fingerprint density at radius 1 is 1.47 bits per heavy atom. The molecule has 4 nitrogen and oxygen atoms in total. The predicted molar refractivity (Wildman–Crippen MR) is 59.5 cm³/mol. The molecule has 1 aliphatic carbocycles. The van der Waals surface area contributed by atoms with Crippen molar-refractivity contribution in [2.45, 2.75) is 57.7 Å². The highest BCUT2D eigenvalue weighted by atomic mass is 16.3. The van der Waals surface area contributed by atoms with Gasteiger partial charge >= 0.3 is 0 Å². The molecule has 2 unspecified atom stereocenters. The van der Waals surface area contributed by atoms with Crippen molar-refractivity contribution >= 4 is 5.91 Å². The molecule has 3 N–H and O–H groups in total. The Bertz CT molecular complexity index is 203. The van der Waals surface area contributed by atoms with Crippen molar-refractivity contribution in [2.24, 2.45) is 0 Å². The van der Waals surface area contributed by atoms with E-state index in [-0.39, 0.29) is 18.1 Å². The molecular weight excluding hydrogens is 192 g/mol. The van der Waals surface area contributed by atoms with Crippen LogP contribution < -0.4 is 10.6 Å². The molecule has 0 aromatic carbocycles. The smallest absolute Gasteiger partial charge is 0.220 e. The molecule has 0 aromatic rings. The van der Waals surface area contributed by atoms with Crippen LogP contribution in [0.1, 0.15) is 39.5 Å². The van der Waals surface area contributed by atoms with Crippen LogP contribution in [0.4, 0.5) is 0 Å². The molecule has 0 spiro atoms. The molecule has 0 bridgehead atoms. The lowest BCUT2D eigenvalue weighted by Crippen LogP contribution is -2.36. The predicted octanol–water partition coefficient (Wildman–Crippen LogP) is 0.404. The van der Waals surface area contributed by atoms with Crippen LogP contribution in [0.15, 0.2) is 0 Å². The molecule has 0 radical (unpaired) electrons. The zero-order chi connectivity index (χ0) is 11.3. The molecule has 88 valence electrons. The molecule has 0 saturated heterocycles. The summed E-state index contributed by atoms with van der Waals surface area (Å²) in [6.07, 6.45) is 3.35. The van der Waals surface area contributed by atoms with Crippen LogP contribution in [0, 0.1) is 0 Å². The minimum Gasteiger partial charge on any atom is -0.392 e. The van der Waals surface area contributed by atoms with E-state index in [2.05, 4.69) is 10.6 Å². The first-order valence-corrected chi connectivity index (χ1v) is 5.80. The number of aliphatic hydroxyl groups is 1. The van der Waals surface area contributed by atoms with Crippen molar-refractivity contribution in [3.8, 4) is 0 Å². The fourth-order valence-corrected chi connectivity index (χ4v) is 1.28. The summed E-state index contributed by atoms with van der Waals surface area (Å²) in [7, 11) is 0. The Morgan fingerprint density at radius 3 is 2.67 bits per heavy atom. The first kappa shape index (κ1) is 12.5. The highest BCUT2D eigenvalue weighted by Crippen LogP contribution is 2.18. The highest BCUT2D eigenvalue weighted by Gasteiger charge is 2.22. The van der Waals surface area contributed by atoms with Crippen LogP contribution in [0.5, 0.6) is 0 Å². The van der Waals surface area contributed by atoms with Gasteiger partial charge in [-0.1, -0.05) is 0 Å². The van der Waals surface area contributed by atoms with Crippen LogP contribution in [0.25, 0.3) is 0 Å². The van der Waals surface area contributed by atoms with Crippen LogP contribution in [-0.2, 0) is 4.79 Å². The molecule has 4 heteroatoms. The second-order valence-corrected chi connectivity index (χ2v) is 4.43. The third-order valence-corrected chi connectivity index (χ3v) is 2.71. The average Bonchev–Trinajstić information content (AvgIpc) is 2.95. The number of rotatable bonds is 7. The summed E-state index contributed by atoms with van der Waals surface area (Å²) in [5.74, 6) is 0.156. The number of carbonyl (C=O) groups excluding carboxylic acids is 1. The number of amides is 1. The number of hydrogen-bond donors (Lipinski definition) is 3. The van der Waals surface area contributed by atoms with Crippen LogP contribution in [-0.4, -0.2) is 35.7 Å². The summed E-state index contributed by atoms with van der Waals surface area (Å²) >= 11 is 0. The first-order valence-electron chi connectivity index (χ1n) is 5.80. The van der Waals surface area contributed by atoms with E-state index in [0.717, 1.165) is 25.8 Å². The Labute approximate surface area is 91.4 Å². The lowest BCUT2D eigenvalue weighted by Gasteiger charge is -2.16. The van der Waals surface area contributed by atoms with Gasteiger partial charge in [-0.2, -0.15) is 0 Å². The van der Waals surface area contributed by atoms with Gasteiger partial charge in [-0.25, -0.2) is 0 Å². The van der Waals surface area contributed by atoms with Crippen molar-refractivity contribution in [1.82, 2.24) is 10.6 Å². The quantitative estimate of drug-likeness (QED) is 0.538. The Hall–Kier alpha value is -0.610. The van der Waals surface area contributed by atoms with Gasteiger partial charge < -0.3 is 15.7 Å². The fourth-order valence-electron chi connectivity index (χ4n) is 1.28. The molecule has 0 heterocycles. The normalized spacial score (nSPS) is 19.7. The Morgan fingerprint density at radius 2 is 2.13 bits per heavy atom. The van der Waals surface area contributed by atoms with Crippen LogP contribution >= 0.6 is 0 Å². The van der Waals surface area contributed by atoms with E-state index in [1.165, 1.54) is 0 Å². The van der Waals surface area contributed by atoms with Gasteiger partial charge in [0.05, 0.1) is 6.10 Å². The Balaban J connectivity index is 1.93. The third kappa shape index (κ3) is 5.74. The topological polar surface area (TPSA) is 61.4 Å². The minimum atomic E-state index is -0.342. The molecule has 2 atom stereocenters. The number of carbonyl (C=O) groups is 1. The third-order valence-electron chi connectivity index (χ3n) is 2.71. The molecule has 1 amide bonds. The number of nitrogens with one attached hydrogen (secondary N) is 2. The summed E-state index contributed by atoms with van der Waals surface area (Å²) in [6, 6.07) is 0.554. The summed E-state index contributed by atoms with van der Waals surface area (Å²) in [4.78, 5) is 11.3. The van der Waals surface area contributed by atoms with Crippen molar-refractivity contribution < 1.29 is 9.90 Å². The molecular formula is C11H22N2O2. The van der Waals surface area contributed by atoms with Crippen molar-refractivity contribution in [2.75, 3.05) is 6.54 Å². The van der Waals surface area contributed by atoms with E-state index < -0.39 is 0 Å². The van der Waals surface area contributed by atoms with E-state index in [1.807, 2.05) is 6.92 Å². The summed E-state index contributed by atoms with van der Waals surface area (Å²) in [5, 5.41) is 15.3. The van der Waals surface area contributed by atoms with E-state index in [0.29, 0.717) is 12.5 Å². The van der Waals surface area contributed by atoms with Gasteiger partial charge in [0, 0.05) is 18.5 Å². The maximum absolute atomic E-state index is 11.3. The molecule has 0 aromatic heterocycles. The zero-order valence-corrected chi connectivity index (χ0v) is 9.62.